The van der Waals surface area contributed by atoms with Crippen LogP contribution in [0, 0.1) is 23.1 Å². The number of ether oxygens (including phenoxy) is 1. The molecule has 8 heteroatoms. The summed E-state index contributed by atoms with van der Waals surface area (Å²) in [4.78, 5) is 18.4. The molecule has 3 rings (SSSR count). The number of nitrogens with zero attached hydrogens (tertiary/aromatic N) is 2. The van der Waals surface area contributed by atoms with E-state index in [-0.39, 0.29) is 28.8 Å². The lowest BCUT2D eigenvalue weighted by atomic mass is 9.82. The number of hydrogen-bond donors (Lipinski definition) is 3. The van der Waals surface area contributed by atoms with Gasteiger partial charge in [-0.25, -0.2) is 14.2 Å². The second-order valence-electron chi connectivity index (χ2n) is 9.32. The van der Waals surface area contributed by atoms with Gasteiger partial charge in [0.1, 0.15) is 11.6 Å². The third kappa shape index (κ3) is 5.50. The van der Waals surface area contributed by atoms with Crippen molar-refractivity contribution in [3.05, 3.63) is 47.4 Å². The molecule has 0 saturated carbocycles. The summed E-state index contributed by atoms with van der Waals surface area (Å²) < 4.78 is 19.1. The largest absolute Gasteiger partial charge is 0.477 e. The maximum absolute atomic E-state index is 13.4. The van der Waals surface area contributed by atoms with Crippen LogP contribution < -0.4 is 10.2 Å². The Morgan fingerprint density at radius 2 is 1.88 bits per heavy atom. The summed E-state index contributed by atoms with van der Waals surface area (Å²) >= 11 is 0. The number of aromatic carboxylic acids is 1. The van der Waals surface area contributed by atoms with Gasteiger partial charge in [-0.05, 0) is 68.9 Å². The number of rotatable bonds is 8. The van der Waals surface area contributed by atoms with E-state index in [2.05, 4.69) is 29.0 Å². The van der Waals surface area contributed by atoms with Crippen molar-refractivity contribution >= 4 is 28.9 Å². The zero-order valence-electron chi connectivity index (χ0n) is 19.9. The van der Waals surface area contributed by atoms with Crippen molar-refractivity contribution in [1.82, 2.24) is 4.98 Å². The number of aromatic nitrogens is 1. The Hall–Kier alpha value is -3.00. The lowest BCUT2D eigenvalue weighted by Crippen LogP contribution is -2.43. The van der Waals surface area contributed by atoms with E-state index in [0.717, 1.165) is 25.9 Å². The van der Waals surface area contributed by atoms with Crippen molar-refractivity contribution < 1.29 is 19.0 Å². The molecular weight excluding hydrogens is 423 g/mol. The van der Waals surface area contributed by atoms with E-state index in [9.17, 15) is 14.3 Å². The van der Waals surface area contributed by atoms with Gasteiger partial charge in [-0.15, -0.1) is 0 Å². The Kier molecular flexibility index (Phi) is 7.37. The van der Waals surface area contributed by atoms with Gasteiger partial charge >= 0.3 is 5.97 Å². The van der Waals surface area contributed by atoms with Crippen LogP contribution in [0.5, 0.6) is 0 Å². The Morgan fingerprint density at radius 3 is 2.39 bits per heavy atom. The molecule has 0 bridgehead atoms. The van der Waals surface area contributed by atoms with E-state index in [1.807, 2.05) is 13.8 Å². The maximum Gasteiger partial charge on any atom is 0.354 e. The first-order valence-electron chi connectivity index (χ1n) is 11.2. The first-order valence-corrected chi connectivity index (χ1v) is 11.2. The fraction of sp³-hybridized carbons (Fsp3) is 0.480. The number of carbonyl (C=O) groups is 1. The molecule has 1 aromatic carbocycles. The number of benzene rings is 1. The van der Waals surface area contributed by atoms with Gasteiger partial charge in [0.25, 0.3) is 0 Å². The quantitative estimate of drug-likeness (QED) is 0.465. The van der Waals surface area contributed by atoms with E-state index in [1.165, 1.54) is 12.1 Å². The lowest BCUT2D eigenvalue weighted by Gasteiger charge is -2.41. The van der Waals surface area contributed by atoms with Gasteiger partial charge in [-0.1, -0.05) is 13.8 Å². The molecule has 0 unspecified atom stereocenters. The molecule has 1 aliphatic heterocycles. The molecule has 0 amide bonds. The number of hydrogen-bond acceptors (Lipinski definition) is 6. The zero-order valence-corrected chi connectivity index (χ0v) is 19.9. The van der Waals surface area contributed by atoms with Gasteiger partial charge in [0, 0.05) is 31.6 Å². The van der Waals surface area contributed by atoms with Gasteiger partial charge in [-0.3, -0.25) is 0 Å². The highest BCUT2D eigenvalue weighted by Crippen LogP contribution is 2.37. The smallest absolute Gasteiger partial charge is 0.354 e. The van der Waals surface area contributed by atoms with Crippen LogP contribution in [-0.2, 0) is 4.74 Å². The fourth-order valence-corrected chi connectivity index (χ4v) is 4.19. The number of nitrogens with one attached hydrogen (secondary N) is 2. The zero-order chi connectivity index (χ0) is 24.3. The molecule has 0 atom stereocenters. The average Bonchev–Trinajstić information content (AvgIpc) is 2.79. The van der Waals surface area contributed by atoms with Crippen LogP contribution in [0.2, 0.25) is 0 Å². The molecule has 1 aliphatic rings. The van der Waals surface area contributed by atoms with E-state index in [0.29, 0.717) is 28.6 Å². The summed E-state index contributed by atoms with van der Waals surface area (Å²) in [5, 5.41) is 21.6. The van der Waals surface area contributed by atoms with Gasteiger partial charge in [0.05, 0.1) is 16.9 Å². The summed E-state index contributed by atoms with van der Waals surface area (Å²) in [5.41, 5.74) is 1.84. The summed E-state index contributed by atoms with van der Waals surface area (Å²) in [5.74, 6) is -0.944. The molecule has 0 spiro atoms. The van der Waals surface area contributed by atoms with Crippen molar-refractivity contribution in [2.75, 3.05) is 30.4 Å². The summed E-state index contributed by atoms with van der Waals surface area (Å²) in [6, 6.07) is 7.32. The Balaban J connectivity index is 2.06. The topological polar surface area (TPSA) is 98.5 Å². The molecule has 1 saturated heterocycles. The molecule has 178 valence electrons. The first kappa shape index (κ1) is 24.6. The number of pyridine rings is 1. The van der Waals surface area contributed by atoms with Crippen molar-refractivity contribution in [3.63, 3.8) is 0 Å². The number of carboxylic acid groups (broad SMARTS) is 1. The number of halogens is 1. The van der Waals surface area contributed by atoms with Crippen LogP contribution in [0.3, 0.4) is 0 Å². The van der Waals surface area contributed by atoms with Gasteiger partial charge in [0.15, 0.2) is 5.69 Å². The number of anilines is 3. The van der Waals surface area contributed by atoms with Gasteiger partial charge < -0.3 is 25.5 Å². The van der Waals surface area contributed by atoms with Gasteiger partial charge in [0.2, 0.25) is 0 Å². The molecule has 0 aliphatic carbocycles. The lowest BCUT2D eigenvalue weighted by molar-refractivity contribution is -0.0357. The van der Waals surface area contributed by atoms with Crippen LogP contribution in [0.1, 0.15) is 56.6 Å². The highest BCUT2D eigenvalue weighted by atomic mass is 19.1. The second kappa shape index (κ2) is 9.87. The summed E-state index contributed by atoms with van der Waals surface area (Å²) in [6.45, 7) is 9.46. The average molecular weight is 457 g/mol. The molecule has 1 aromatic heterocycles. The summed E-state index contributed by atoms with van der Waals surface area (Å²) in [6.07, 6.45) is 1.78. The number of carboxylic acids is 1. The molecular formula is C25H33FN4O3. The first-order chi connectivity index (χ1) is 15.5. The Labute approximate surface area is 194 Å². The van der Waals surface area contributed by atoms with Crippen molar-refractivity contribution in [3.8, 4) is 0 Å². The standard InChI is InChI=1S/C25H33FN4O3/c1-15(2)22(27)21-20(30-12-10-16(11-13-30)25(3,4)33-5)14-19(24(31)32)29-23(21)28-18-8-6-17(26)7-9-18/h6-9,14-16,27H,10-13H2,1-5H3,(H,28,29)(H,31,32). The SMILES string of the molecule is COC(C)(C)C1CCN(c2cc(C(=O)O)nc(Nc3ccc(F)cc3)c2C(=N)C(C)C)CC1. The van der Waals surface area contributed by atoms with Crippen LogP contribution in [0.25, 0.3) is 0 Å². The minimum absolute atomic E-state index is 0.0973. The molecule has 3 N–H and O–H groups in total. The van der Waals surface area contributed by atoms with Crippen molar-refractivity contribution in [2.45, 2.75) is 46.1 Å². The van der Waals surface area contributed by atoms with E-state index < -0.39 is 5.97 Å². The predicted molar refractivity (Wildman–Crippen MR) is 129 cm³/mol. The number of methoxy groups -OCH3 is 1. The summed E-state index contributed by atoms with van der Waals surface area (Å²) in [7, 11) is 1.73. The monoisotopic (exact) mass is 456 g/mol. The van der Waals surface area contributed by atoms with Crippen molar-refractivity contribution in [2.24, 2.45) is 11.8 Å². The van der Waals surface area contributed by atoms with Gasteiger partial charge in [-0.2, -0.15) is 0 Å². The van der Waals surface area contributed by atoms with Crippen LogP contribution in [0.4, 0.5) is 21.6 Å². The minimum atomic E-state index is -1.14. The molecule has 1 fully saturated rings. The highest BCUT2D eigenvalue weighted by molar-refractivity contribution is 6.09. The minimum Gasteiger partial charge on any atom is -0.477 e. The van der Waals surface area contributed by atoms with E-state index in [1.54, 1.807) is 25.3 Å². The molecule has 33 heavy (non-hydrogen) atoms. The van der Waals surface area contributed by atoms with E-state index >= 15 is 0 Å². The Morgan fingerprint density at radius 1 is 1.27 bits per heavy atom. The Bertz CT molecular complexity index is 1010. The fourth-order valence-electron chi connectivity index (χ4n) is 4.19. The number of piperidine rings is 1. The molecule has 2 heterocycles. The second-order valence-corrected chi connectivity index (χ2v) is 9.32. The third-order valence-electron chi connectivity index (χ3n) is 6.52. The normalized spacial score (nSPS) is 15.1. The van der Waals surface area contributed by atoms with Crippen LogP contribution >= 0.6 is 0 Å². The predicted octanol–water partition coefficient (Wildman–Crippen LogP) is 5.33. The molecule has 7 nitrogen and oxygen atoms in total. The molecule has 0 radical (unpaired) electrons. The van der Waals surface area contributed by atoms with Crippen molar-refractivity contribution in [1.29, 1.82) is 5.41 Å². The highest BCUT2D eigenvalue weighted by Gasteiger charge is 2.34. The third-order valence-corrected chi connectivity index (χ3v) is 6.52. The van der Waals surface area contributed by atoms with Crippen LogP contribution in [-0.4, -0.2) is 47.6 Å². The maximum atomic E-state index is 13.4. The van der Waals surface area contributed by atoms with Crippen LogP contribution in [0.15, 0.2) is 30.3 Å². The molecule has 2 aromatic rings. The van der Waals surface area contributed by atoms with E-state index in [4.69, 9.17) is 10.1 Å².